The Balaban J connectivity index is 2.76. The van der Waals surface area contributed by atoms with Gasteiger partial charge in [0.05, 0.1) is 12.6 Å². The van der Waals surface area contributed by atoms with Gasteiger partial charge in [-0.05, 0) is 18.2 Å². The summed E-state index contributed by atoms with van der Waals surface area (Å²) in [6.45, 7) is 0. The van der Waals surface area contributed by atoms with Crippen LogP contribution in [0.1, 0.15) is 10.4 Å². The highest BCUT2D eigenvalue weighted by Gasteiger charge is 2.12. The van der Waals surface area contributed by atoms with Crippen molar-refractivity contribution < 1.29 is 9.53 Å². The van der Waals surface area contributed by atoms with E-state index in [4.69, 9.17) is 11.6 Å². The van der Waals surface area contributed by atoms with E-state index in [2.05, 4.69) is 9.72 Å². The van der Waals surface area contributed by atoms with Crippen LogP contribution in [0, 0.1) is 0 Å². The molecule has 16 heavy (non-hydrogen) atoms. The van der Waals surface area contributed by atoms with Gasteiger partial charge in [0.15, 0.2) is 0 Å². The second-order valence-corrected chi connectivity index (χ2v) is 3.65. The van der Waals surface area contributed by atoms with E-state index in [-0.39, 0.29) is 11.0 Å². The number of rotatable bonds is 1. The number of carbonyl (C=O) groups is 1. The summed E-state index contributed by atoms with van der Waals surface area (Å²) >= 11 is 5.79. The molecule has 0 fully saturated rings. The van der Waals surface area contributed by atoms with Gasteiger partial charge in [0, 0.05) is 16.6 Å². The van der Waals surface area contributed by atoms with Crippen molar-refractivity contribution in [2.75, 3.05) is 7.11 Å². The monoisotopic (exact) mass is 237 g/mol. The Kier molecular flexibility index (Phi) is 2.66. The first-order chi connectivity index (χ1) is 7.63. The van der Waals surface area contributed by atoms with Crippen LogP contribution in [0.4, 0.5) is 0 Å². The zero-order valence-corrected chi connectivity index (χ0v) is 9.17. The van der Waals surface area contributed by atoms with Crippen molar-refractivity contribution in [3.8, 4) is 0 Å². The standard InChI is InChI=1S/C11H8ClNO3/c1-16-11(15)8-5-13-9-4-6(12)2-3-7(9)10(8)14/h2-5H,1H3,(H,13,14). The minimum absolute atomic E-state index is 0.0164. The molecular formula is C11H8ClNO3. The predicted octanol–water partition coefficient (Wildman–Crippen LogP) is 1.97. The number of carbonyl (C=O) groups excluding carboxylic acids is 1. The minimum atomic E-state index is -0.655. The molecule has 0 aliphatic rings. The highest BCUT2D eigenvalue weighted by Crippen LogP contribution is 2.15. The zero-order valence-electron chi connectivity index (χ0n) is 8.41. The maximum atomic E-state index is 11.9. The van der Waals surface area contributed by atoms with E-state index in [1.54, 1.807) is 18.2 Å². The molecule has 82 valence electrons. The normalized spacial score (nSPS) is 10.4. The van der Waals surface area contributed by atoms with Crippen molar-refractivity contribution in [3.63, 3.8) is 0 Å². The number of nitrogens with one attached hydrogen (secondary N) is 1. The van der Waals surface area contributed by atoms with E-state index < -0.39 is 5.97 Å². The van der Waals surface area contributed by atoms with Crippen molar-refractivity contribution in [1.82, 2.24) is 4.98 Å². The lowest BCUT2D eigenvalue weighted by molar-refractivity contribution is 0.0599. The quantitative estimate of drug-likeness (QED) is 0.772. The third-order valence-electron chi connectivity index (χ3n) is 2.25. The number of hydrogen-bond acceptors (Lipinski definition) is 3. The zero-order chi connectivity index (χ0) is 11.7. The third kappa shape index (κ3) is 1.67. The molecule has 2 rings (SSSR count). The summed E-state index contributed by atoms with van der Waals surface area (Å²) in [5, 5.41) is 0.932. The molecule has 0 unspecified atom stereocenters. The van der Waals surface area contributed by atoms with Gasteiger partial charge >= 0.3 is 5.97 Å². The highest BCUT2D eigenvalue weighted by molar-refractivity contribution is 6.31. The number of halogens is 1. The van der Waals surface area contributed by atoms with Crippen LogP contribution in [-0.2, 0) is 4.74 Å². The highest BCUT2D eigenvalue weighted by atomic mass is 35.5. The van der Waals surface area contributed by atoms with E-state index in [9.17, 15) is 9.59 Å². The molecule has 0 bridgehead atoms. The van der Waals surface area contributed by atoms with E-state index in [0.717, 1.165) is 0 Å². The molecule has 1 aromatic heterocycles. The fraction of sp³-hybridized carbons (Fsp3) is 0.0909. The molecule has 4 nitrogen and oxygen atoms in total. The average molecular weight is 238 g/mol. The molecule has 1 heterocycles. The SMILES string of the molecule is COC(=O)c1c[nH]c2cc(Cl)ccc2c1=O. The van der Waals surface area contributed by atoms with Crippen LogP contribution < -0.4 is 5.43 Å². The largest absolute Gasteiger partial charge is 0.465 e. The van der Waals surface area contributed by atoms with Gasteiger partial charge in [0.1, 0.15) is 5.56 Å². The van der Waals surface area contributed by atoms with Gasteiger partial charge in [-0.2, -0.15) is 0 Å². The second kappa shape index (κ2) is 3.98. The van der Waals surface area contributed by atoms with Crippen LogP contribution in [0.25, 0.3) is 10.9 Å². The molecule has 0 atom stereocenters. The van der Waals surface area contributed by atoms with Crippen LogP contribution in [0.15, 0.2) is 29.2 Å². The Morgan fingerprint density at radius 3 is 2.88 bits per heavy atom. The lowest BCUT2D eigenvalue weighted by Crippen LogP contribution is -2.16. The van der Waals surface area contributed by atoms with Crippen LogP contribution in [0.2, 0.25) is 5.02 Å². The first-order valence-corrected chi connectivity index (χ1v) is 4.90. The number of hydrogen-bond donors (Lipinski definition) is 1. The molecule has 0 saturated heterocycles. The number of ether oxygens (including phenoxy) is 1. The van der Waals surface area contributed by atoms with Crippen LogP contribution in [-0.4, -0.2) is 18.1 Å². The van der Waals surface area contributed by atoms with Crippen molar-refractivity contribution in [3.05, 3.63) is 45.2 Å². The average Bonchev–Trinajstić information content (AvgIpc) is 2.28. The first-order valence-electron chi connectivity index (χ1n) is 4.52. The molecule has 0 amide bonds. The maximum absolute atomic E-state index is 11.9. The van der Waals surface area contributed by atoms with Gasteiger partial charge in [-0.15, -0.1) is 0 Å². The number of pyridine rings is 1. The molecule has 5 heteroatoms. The Morgan fingerprint density at radius 1 is 1.44 bits per heavy atom. The van der Waals surface area contributed by atoms with Crippen LogP contribution >= 0.6 is 11.6 Å². The molecular weight excluding hydrogens is 230 g/mol. The molecule has 0 spiro atoms. The summed E-state index contributed by atoms with van der Waals surface area (Å²) in [4.78, 5) is 26.0. The Morgan fingerprint density at radius 2 is 2.19 bits per heavy atom. The van der Waals surface area contributed by atoms with E-state index in [1.165, 1.54) is 13.3 Å². The molecule has 0 saturated carbocycles. The Bertz CT molecular complexity index is 618. The summed E-state index contributed by atoms with van der Waals surface area (Å²) in [6.07, 6.45) is 1.33. The summed E-state index contributed by atoms with van der Waals surface area (Å²) < 4.78 is 4.50. The van der Waals surface area contributed by atoms with Crippen LogP contribution in [0.5, 0.6) is 0 Å². The van der Waals surface area contributed by atoms with Gasteiger partial charge < -0.3 is 9.72 Å². The molecule has 0 aliphatic heterocycles. The lowest BCUT2D eigenvalue weighted by atomic mass is 10.1. The van der Waals surface area contributed by atoms with Crippen molar-refractivity contribution in [2.45, 2.75) is 0 Å². The second-order valence-electron chi connectivity index (χ2n) is 3.21. The Hall–Kier alpha value is -1.81. The summed E-state index contributed by atoms with van der Waals surface area (Å²) in [5.74, 6) is -0.655. The third-order valence-corrected chi connectivity index (χ3v) is 2.48. The number of benzene rings is 1. The number of methoxy groups -OCH3 is 1. The predicted molar refractivity (Wildman–Crippen MR) is 60.9 cm³/mol. The fourth-order valence-electron chi connectivity index (χ4n) is 1.46. The summed E-state index contributed by atoms with van der Waals surface area (Å²) in [6, 6.07) is 4.79. The summed E-state index contributed by atoms with van der Waals surface area (Å²) in [5.41, 5.74) is 0.208. The molecule has 0 radical (unpaired) electrons. The molecule has 0 aliphatic carbocycles. The van der Waals surface area contributed by atoms with Crippen molar-refractivity contribution >= 4 is 28.5 Å². The van der Waals surface area contributed by atoms with E-state index in [1.807, 2.05) is 0 Å². The number of aromatic amines is 1. The van der Waals surface area contributed by atoms with Gasteiger partial charge in [-0.25, -0.2) is 4.79 Å². The van der Waals surface area contributed by atoms with Crippen molar-refractivity contribution in [2.24, 2.45) is 0 Å². The first kappa shape index (κ1) is 10.7. The molecule has 1 N–H and O–H groups in total. The lowest BCUT2D eigenvalue weighted by Gasteiger charge is -2.01. The molecule has 2 aromatic rings. The maximum Gasteiger partial charge on any atom is 0.343 e. The van der Waals surface area contributed by atoms with Gasteiger partial charge in [-0.3, -0.25) is 4.79 Å². The molecule has 1 aromatic carbocycles. The number of esters is 1. The van der Waals surface area contributed by atoms with Gasteiger partial charge in [0.25, 0.3) is 0 Å². The Labute approximate surface area is 95.8 Å². The minimum Gasteiger partial charge on any atom is -0.465 e. The van der Waals surface area contributed by atoms with Crippen LogP contribution in [0.3, 0.4) is 0 Å². The summed E-state index contributed by atoms with van der Waals surface area (Å²) in [7, 11) is 1.23. The van der Waals surface area contributed by atoms with E-state index >= 15 is 0 Å². The number of aromatic nitrogens is 1. The number of H-pyrrole nitrogens is 1. The smallest absolute Gasteiger partial charge is 0.343 e. The van der Waals surface area contributed by atoms with Crippen molar-refractivity contribution in [1.29, 1.82) is 0 Å². The topological polar surface area (TPSA) is 59.2 Å². The van der Waals surface area contributed by atoms with E-state index in [0.29, 0.717) is 15.9 Å². The fourth-order valence-corrected chi connectivity index (χ4v) is 1.63. The van der Waals surface area contributed by atoms with Gasteiger partial charge in [-0.1, -0.05) is 11.6 Å². The number of fused-ring (bicyclic) bond motifs is 1. The van der Waals surface area contributed by atoms with Gasteiger partial charge in [0.2, 0.25) is 5.43 Å².